The molecule has 1 aromatic rings. The van der Waals surface area contributed by atoms with Gasteiger partial charge in [-0.15, -0.1) is 0 Å². The first-order chi connectivity index (χ1) is 10.8. The molecule has 128 valence electrons. The van der Waals surface area contributed by atoms with E-state index in [9.17, 15) is 9.59 Å². The SMILES string of the molecule is Cc1nn(C)c(C)c1CC(C)C(=O)N1CCOCC1CC(=O)O. The minimum absolute atomic E-state index is 0.0118. The maximum absolute atomic E-state index is 12.8. The molecule has 0 aromatic carbocycles. The van der Waals surface area contributed by atoms with Crippen LogP contribution in [-0.4, -0.2) is 57.5 Å². The second kappa shape index (κ2) is 7.12. The molecule has 2 heterocycles. The summed E-state index contributed by atoms with van der Waals surface area (Å²) in [6, 6.07) is -0.382. The van der Waals surface area contributed by atoms with Crippen molar-refractivity contribution >= 4 is 11.9 Å². The Morgan fingerprint density at radius 1 is 1.43 bits per heavy atom. The molecule has 23 heavy (non-hydrogen) atoms. The standard InChI is InChI=1S/C16H25N3O4/c1-10(7-14-11(2)17-18(4)12(14)3)16(22)19-5-6-23-9-13(19)8-15(20)21/h10,13H,5-9H2,1-4H3,(H,20,21). The van der Waals surface area contributed by atoms with Crippen LogP contribution in [0.2, 0.25) is 0 Å². The van der Waals surface area contributed by atoms with Crippen molar-refractivity contribution < 1.29 is 19.4 Å². The first kappa shape index (κ1) is 17.5. The molecule has 2 atom stereocenters. The van der Waals surface area contributed by atoms with E-state index in [4.69, 9.17) is 9.84 Å². The number of carboxylic acid groups (broad SMARTS) is 1. The van der Waals surface area contributed by atoms with Crippen molar-refractivity contribution in [2.75, 3.05) is 19.8 Å². The number of aryl methyl sites for hydroxylation is 2. The molecule has 1 N–H and O–H groups in total. The summed E-state index contributed by atoms with van der Waals surface area (Å²) in [7, 11) is 1.89. The van der Waals surface area contributed by atoms with Crippen molar-refractivity contribution in [3.05, 3.63) is 17.0 Å². The molecular formula is C16H25N3O4. The Morgan fingerprint density at radius 2 is 2.13 bits per heavy atom. The molecule has 0 bridgehead atoms. The molecule has 1 fully saturated rings. The molecule has 0 radical (unpaired) electrons. The van der Waals surface area contributed by atoms with E-state index >= 15 is 0 Å². The average Bonchev–Trinajstić information content (AvgIpc) is 2.73. The van der Waals surface area contributed by atoms with Crippen LogP contribution in [0.25, 0.3) is 0 Å². The minimum Gasteiger partial charge on any atom is -0.481 e. The fourth-order valence-electron chi connectivity index (χ4n) is 3.11. The quantitative estimate of drug-likeness (QED) is 0.871. The van der Waals surface area contributed by atoms with Crippen LogP contribution in [0.4, 0.5) is 0 Å². The smallest absolute Gasteiger partial charge is 0.305 e. The van der Waals surface area contributed by atoms with Crippen LogP contribution in [0.15, 0.2) is 0 Å². The monoisotopic (exact) mass is 323 g/mol. The van der Waals surface area contributed by atoms with Crippen LogP contribution in [0.5, 0.6) is 0 Å². The third kappa shape index (κ3) is 3.90. The molecule has 2 unspecified atom stereocenters. The number of hydrogen-bond donors (Lipinski definition) is 1. The Morgan fingerprint density at radius 3 is 2.70 bits per heavy atom. The summed E-state index contributed by atoms with van der Waals surface area (Å²) >= 11 is 0. The second-order valence-electron chi connectivity index (χ2n) is 6.24. The summed E-state index contributed by atoms with van der Waals surface area (Å²) in [5, 5.41) is 13.4. The fraction of sp³-hybridized carbons (Fsp3) is 0.688. The Hall–Kier alpha value is -1.89. The summed E-state index contributed by atoms with van der Waals surface area (Å²) in [5.41, 5.74) is 3.09. The van der Waals surface area contributed by atoms with Crippen molar-refractivity contribution in [1.82, 2.24) is 14.7 Å². The number of nitrogens with zero attached hydrogens (tertiary/aromatic N) is 3. The van der Waals surface area contributed by atoms with E-state index in [0.717, 1.165) is 17.0 Å². The summed E-state index contributed by atoms with van der Waals surface area (Å²) in [4.78, 5) is 25.4. The largest absolute Gasteiger partial charge is 0.481 e. The van der Waals surface area contributed by atoms with Gasteiger partial charge in [0.2, 0.25) is 5.91 Å². The van der Waals surface area contributed by atoms with Crippen molar-refractivity contribution in [3.63, 3.8) is 0 Å². The number of ether oxygens (including phenoxy) is 1. The van der Waals surface area contributed by atoms with Gasteiger partial charge in [0.05, 0.1) is 31.4 Å². The van der Waals surface area contributed by atoms with Gasteiger partial charge in [0, 0.05) is 25.2 Å². The van der Waals surface area contributed by atoms with E-state index in [2.05, 4.69) is 5.10 Å². The van der Waals surface area contributed by atoms with E-state index in [1.165, 1.54) is 0 Å². The minimum atomic E-state index is -0.912. The lowest BCUT2D eigenvalue weighted by Crippen LogP contribution is -2.51. The Bertz CT molecular complexity index is 596. The molecule has 2 rings (SSSR count). The molecule has 1 aromatic heterocycles. The topological polar surface area (TPSA) is 84.7 Å². The van der Waals surface area contributed by atoms with Crippen LogP contribution < -0.4 is 0 Å². The van der Waals surface area contributed by atoms with E-state index in [-0.39, 0.29) is 30.9 Å². The van der Waals surface area contributed by atoms with Gasteiger partial charge in [-0.1, -0.05) is 6.92 Å². The van der Waals surface area contributed by atoms with Gasteiger partial charge in [0.15, 0.2) is 0 Å². The normalized spacial score (nSPS) is 19.7. The van der Waals surface area contributed by atoms with Gasteiger partial charge in [-0.2, -0.15) is 5.10 Å². The molecular weight excluding hydrogens is 298 g/mol. The molecule has 0 saturated carbocycles. The number of carbonyl (C=O) groups is 2. The van der Waals surface area contributed by atoms with Crippen molar-refractivity contribution in [3.8, 4) is 0 Å². The van der Waals surface area contributed by atoms with Gasteiger partial charge >= 0.3 is 5.97 Å². The number of rotatable bonds is 5. The summed E-state index contributed by atoms with van der Waals surface area (Å²) in [6.45, 7) is 7.03. The predicted octanol–water partition coefficient (Wildman–Crippen LogP) is 0.918. The van der Waals surface area contributed by atoms with Gasteiger partial charge in [-0.3, -0.25) is 14.3 Å². The number of morpholine rings is 1. The lowest BCUT2D eigenvalue weighted by molar-refractivity contribution is -0.148. The molecule has 0 spiro atoms. The zero-order valence-corrected chi connectivity index (χ0v) is 14.2. The van der Waals surface area contributed by atoms with E-state index < -0.39 is 5.97 Å². The number of carboxylic acids is 1. The maximum Gasteiger partial charge on any atom is 0.305 e. The molecule has 7 heteroatoms. The average molecular weight is 323 g/mol. The van der Waals surface area contributed by atoms with Crippen molar-refractivity contribution in [1.29, 1.82) is 0 Å². The highest BCUT2D eigenvalue weighted by Crippen LogP contribution is 2.21. The van der Waals surface area contributed by atoms with Gasteiger partial charge < -0.3 is 14.7 Å². The van der Waals surface area contributed by atoms with Crippen LogP contribution >= 0.6 is 0 Å². The molecule has 1 aliphatic heterocycles. The highest BCUT2D eigenvalue weighted by Gasteiger charge is 2.32. The molecule has 1 aliphatic rings. The number of aliphatic carboxylic acids is 1. The van der Waals surface area contributed by atoms with E-state index in [1.54, 1.807) is 4.90 Å². The zero-order valence-electron chi connectivity index (χ0n) is 14.2. The Balaban J connectivity index is 2.09. The molecule has 0 aliphatic carbocycles. The lowest BCUT2D eigenvalue weighted by Gasteiger charge is -2.36. The first-order valence-corrected chi connectivity index (χ1v) is 7.90. The summed E-state index contributed by atoms with van der Waals surface area (Å²) in [6.07, 6.45) is 0.533. The predicted molar refractivity (Wildman–Crippen MR) is 84.1 cm³/mol. The Labute approximate surface area is 136 Å². The third-order valence-corrected chi connectivity index (χ3v) is 4.51. The first-order valence-electron chi connectivity index (χ1n) is 7.90. The lowest BCUT2D eigenvalue weighted by atomic mass is 9.97. The van der Waals surface area contributed by atoms with Crippen LogP contribution in [0.1, 0.15) is 30.3 Å². The third-order valence-electron chi connectivity index (χ3n) is 4.51. The van der Waals surface area contributed by atoms with Crippen LogP contribution in [0, 0.1) is 19.8 Å². The number of amides is 1. The van der Waals surface area contributed by atoms with Gasteiger partial charge in [0.25, 0.3) is 0 Å². The molecule has 1 amide bonds. The fourth-order valence-corrected chi connectivity index (χ4v) is 3.11. The second-order valence-corrected chi connectivity index (χ2v) is 6.24. The number of carbonyl (C=O) groups excluding carboxylic acids is 1. The Kier molecular flexibility index (Phi) is 5.41. The van der Waals surface area contributed by atoms with Gasteiger partial charge in [0.1, 0.15) is 0 Å². The summed E-state index contributed by atoms with van der Waals surface area (Å²) < 4.78 is 7.16. The van der Waals surface area contributed by atoms with Gasteiger partial charge in [-0.25, -0.2) is 0 Å². The summed E-state index contributed by atoms with van der Waals surface area (Å²) in [5.74, 6) is -1.14. The van der Waals surface area contributed by atoms with Gasteiger partial charge in [-0.05, 0) is 25.8 Å². The van der Waals surface area contributed by atoms with Crippen LogP contribution in [0.3, 0.4) is 0 Å². The zero-order chi connectivity index (χ0) is 17.1. The highest BCUT2D eigenvalue weighted by atomic mass is 16.5. The molecule has 7 nitrogen and oxygen atoms in total. The van der Waals surface area contributed by atoms with E-state index in [0.29, 0.717) is 19.6 Å². The van der Waals surface area contributed by atoms with Crippen LogP contribution in [-0.2, 0) is 27.8 Å². The van der Waals surface area contributed by atoms with Crippen molar-refractivity contribution in [2.24, 2.45) is 13.0 Å². The van der Waals surface area contributed by atoms with Crippen molar-refractivity contribution in [2.45, 2.75) is 39.7 Å². The number of aromatic nitrogens is 2. The van der Waals surface area contributed by atoms with E-state index in [1.807, 2.05) is 32.5 Å². The molecule has 1 saturated heterocycles. The maximum atomic E-state index is 12.8. The highest BCUT2D eigenvalue weighted by molar-refractivity contribution is 5.80. The number of hydrogen-bond acceptors (Lipinski definition) is 4.